The van der Waals surface area contributed by atoms with Gasteiger partial charge in [-0.15, -0.1) is 0 Å². The van der Waals surface area contributed by atoms with Gasteiger partial charge in [0.1, 0.15) is 0 Å². The molecule has 0 aromatic heterocycles. The van der Waals surface area contributed by atoms with Gasteiger partial charge < -0.3 is 19.6 Å². The quantitative estimate of drug-likeness (QED) is 0.191. The normalized spacial score (nSPS) is 20.9. The average molecular weight is 652 g/mol. The standard InChI is InChI=1S/C41H37N3O5/c1-27-22-32(24-37(46)42(20-21-45)25-28-10-3-2-4-11-28)49-41(27)34-17-5-6-18-35(34)43(40(41)48)26-29-12-7-15-31(23-29)44-36-19-9-14-30-13-8-16-33(38(30)36)39(44)47/h2-19,23,27,32,45H,20-22,24-26H2,1H3/t27-,32-,41+/m0/s1. The molecule has 0 radical (unpaired) electrons. The first-order chi connectivity index (χ1) is 23.9. The molecule has 1 N–H and O–H groups in total. The lowest BCUT2D eigenvalue weighted by Crippen LogP contribution is -2.44. The Labute approximate surface area is 285 Å². The molecule has 1 spiro atoms. The second-order valence-electron chi connectivity index (χ2n) is 13.2. The van der Waals surface area contributed by atoms with Gasteiger partial charge in [0.05, 0.1) is 42.6 Å². The number of rotatable bonds is 9. The number of hydrogen-bond acceptors (Lipinski definition) is 5. The number of nitrogens with zero attached hydrogens (tertiary/aromatic N) is 3. The molecule has 0 bridgehead atoms. The number of carbonyl (C=O) groups excluding carboxylic acids is 3. The van der Waals surface area contributed by atoms with E-state index >= 15 is 0 Å². The first-order valence-electron chi connectivity index (χ1n) is 16.9. The largest absolute Gasteiger partial charge is 0.395 e. The number of para-hydroxylation sites is 1. The fraction of sp³-hybridized carbons (Fsp3) is 0.244. The summed E-state index contributed by atoms with van der Waals surface area (Å²) in [6.07, 6.45) is 0.219. The van der Waals surface area contributed by atoms with E-state index in [1.807, 2.05) is 122 Å². The minimum Gasteiger partial charge on any atom is -0.395 e. The highest BCUT2D eigenvalue weighted by Crippen LogP contribution is 2.54. The van der Waals surface area contributed by atoms with Crippen LogP contribution in [0.3, 0.4) is 0 Å². The zero-order chi connectivity index (χ0) is 33.7. The topological polar surface area (TPSA) is 90.4 Å². The fourth-order valence-corrected chi connectivity index (χ4v) is 8.00. The maximum Gasteiger partial charge on any atom is 0.264 e. The van der Waals surface area contributed by atoms with Crippen molar-refractivity contribution < 1.29 is 24.2 Å². The number of anilines is 3. The first-order valence-corrected chi connectivity index (χ1v) is 16.9. The molecule has 5 aromatic rings. The summed E-state index contributed by atoms with van der Waals surface area (Å²) in [5, 5.41) is 11.7. The van der Waals surface area contributed by atoms with Crippen LogP contribution in [0.25, 0.3) is 10.8 Å². The van der Waals surface area contributed by atoms with Gasteiger partial charge in [-0.25, -0.2) is 0 Å². The number of ether oxygens (including phenoxy) is 1. The Kier molecular flexibility index (Phi) is 7.77. The number of carbonyl (C=O) groups is 3. The van der Waals surface area contributed by atoms with Gasteiger partial charge in [-0.05, 0) is 53.3 Å². The van der Waals surface area contributed by atoms with Crippen LogP contribution in [-0.4, -0.2) is 47.0 Å². The molecule has 3 heterocycles. The van der Waals surface area contributed by atoms with Crippen LogP contribution < -0.4 is 9.80 Å². The van der Waals surface area contributed by atoms with Crippen LogP contribution in [0.4, 0.5) is 17.1 Å². The molecule has 246 valence electrons. The summed E-state index contributed by atoms with van der Waals surface area (Å²) in [6, 6.07) is 37.0. The summed E-state index contributed by atoms with van der Waals surface area (Å²) in [5.41, 5.74) is 4.54. The van der Waals surface area contributed by atoms with E-state index in [0.29, 0.717) is 25.1 Å². The fourth-order valence-electron chi connectivity index (χ4n) is 8.00. The Morgan fingerprint density at radius 1 is 0.878 bits per heavy atom. The Bertz CT molecular complexity index is 2090. The van der Waals surface area contributed by atoms with Crippen molar-refractivity contribution in [3.63, 3.8) is 0 Å². The lowest BCUT2D eigenvalue weighted by Gasteiger charge is -2.29. The second-order valence-corrected chi connectivity index (χ2v) is 13.2. The molecule has 1 saturated heterocycles. The van der Waals surface area contributed by atoms with Gasteiger partial charge in [0.2, 0.25) is 5.91 Å². The predicted molar refractivity (Wildman–Crippen MR) is 188 cm³/mol. The highest BCUT2D eigenvalue weighted by Gasteiger charge is 2.60. The van der Waals surface area contributed by atoms with E-state index in [9.17, 15) is 19.5 Å². The summed E-state index contributed by atoms with van der Waals surface area (Å²) in [5.74, 6) is -0.501. The molecule has 8 heteroatoms. The van der Waals surface area contributed by atoms with Crippen molar-refractivity contribution in [2.45, 2.75) is 44.6 Å². The SMILES string of the molecule is C[C@H]1C[C@@H](CC(=O)N(CCO)Cc2ccccc2)O[C@]12C(=O)N(Cc1cccc(N3C(=O)c4cccc5cccc3c45)c1)c1ccccc12. The predicted octanol–water partition coefficient (Wildman–Crippen LogP) is 6.71. The van der Waals surface area contributed by atoms with Crippen LogP contribution in [0.5, 0.6) is 0 Å². The number of hydrogen-bond donors (Lipinski definition) is 1. The number of amides is 3. The molecule has 8 rings (SSSR count). The lowest BCUT2D eigenvalue weighted by molar-refractivity contribution is -0.150. The molecular formula is C41H37N3O5. The summed E-state index contributed by atoms with van der Waals surface area (Å²) < 4.78 is 6.71. The van der Waals surface area contributed by atoms with E-state index in [4.69, 9.17) is 4.74 Å². The van der Waals surface area contributed by atoms with Gasteiger partial charge in [0.25, 0.3) is 11.8 Å². The molecule has 3 aliphatic rings. The zero-order valence-electron chi connectivity index (χ0n) is 27.3. The minimum atomic E-state index is -1.21. The van der Waals surface area contributed by atoms with E-state index in [1.165, 1.54) is 0 Å². The van der Waals surface area contributed by atoms with Gasteiger partial charge in [-0.1, -0.05) is 91.9 Å². The van der Waals surface area contributed by atoms with Gasteiger partial charge in [0, 0.05) is 35.6 Å². The number of aliphatic hydroxyl groups is 1. The van der Waals surface area contributed by atoms with Crippen molar-refractivity contribution in [3.05, 3.63) is 138 Å². The maximum absolute atomic E-state index is 14.6. The molecule has 5 aromatic carbocycles. The van der Waals surface area contributed by atoms with Gasteiger partial charge >= 0.3 is 0 Å². The highest BCUT2D eigenvalue weighted by atomic mass is 16.5. The summed E-state index contributed by atoms with van der Waals surface area (Å²) >= 11 is 0. The van der Waals surface area contributed by atoms with Crippen LogP contribution in [0.2, 0.25) is 0 Å². The highest BCUT2D eigenvalue weighted by molar-refractivity contribution is 6.27. The van der Waals surface area contributed by atoms with Crippen LogP contribution in [0.1, 0.15) is 46.8 Å². The summed E-state index contributed by atoms with van der Waals surface area (Å²) in [4.78, 5) is 47.0. The maximum atomic E-state index is 14.6. The Hall–Kier alpha value is -5.31. The average Bonchev–Trinajstić information content (AvgIpc) is 3.69. The van der Waals surface area contributed by atoms with E-state index < -0.39 is 11.7 Å². The number of benzene rings is 5. The molecule has 0 aliphatic carbocycles. The van der Waals surface area contributed by atoms with Crippen LogP contribution in [-0.2, 0) is 33.0 Å². The molecule has 0 unspecified atom stereocenters. The molecule has 3 atom stereocenters. The summed E-state index contributed by atoms with van der Waals surface area (Å²) in [6.45, 7) is 2.80. The van der Waals surface area contributed by atoms with Gasteiger partial charge in [-0.3, -0.25) is 19.3 Å². The van der Waals surface area contributed by atoms with Gasteiger partial charge in [-0.2, -0.15) is 0 Å². The monoisotopic (exact) mass is 651 g/mol. The molecule has 1 fully saturated rings. The van der Waals surface area contributed by atoms with Crippen LogP contribution in [0.15, 0.2) is 115 Å². The minimum absolute atomic E-state index is 0.0689. The number of fused-ring (bicyclic) bond motifs is 2. The molecule has 0 saturated carbocycles. The zero-order valence-corrected chi connectivity index (χ0v) is 27.3. The van der Waals surface area contributed by atoms with Crippen molar-refractivity contribution in [2.24, 2.45) is 5.92 Å². The van der Waals surface area contributed by atoms with Crippen LogP contribution >= 0.6 is 0 Å². The molecular weight excluding hydrogens is 614 g/mol. The smallest absolute Gasteiger partial charge is 0.264 e. The first kappa shape index (κ1) is 31.0. The second kappa shape index (κ2) is 12.3. The van der Waals surface area contributed by atoms with Crippen molar-refractivity contribution >= 4 is 45.6 Å². The van der Waals surface area contributed by atoms with Gasteiger partial charge in [0.15, 0.2) is 5.60 Å². The van der Waals surface area contributed by atoms with Crippen molar-refractivity contribution in [1.82, 2.24) is 4.90 Å². The number of aliphatic hydroxyl groups excluding tert-OH is 1. The Morgan fingerprint density at radius 3 is 2.41 bits per heavy atom. The third-order valence-electron chi connectivity index (χ3n) is 10.2. The van der Waals surface area contributed by atoms with Crippen molar-refractivity contribution in [1.29, 1.82) is 0 Å². The lowest BCUT2D eigenvalue weighted by atomic mass is 9.83. The van der Waals surface area contributed by atoms with E-state index in [1.54, 1.807) is 14.7 Å². The Balaban J connectivity index is 1.04. The molecule has 3 amide bonds. The molecule has 8 nitrogen and oxygen atoms in total. The van der Waals surface area contributed by atoms with Crippen molar-refractivity contribution in [2.75, 3.05) is 23.0 Å². The third-order valence-corrected chi connectivity index (χ3v) is 10.2. The van der Waals surface area contributed by atoms with Crippen molar-refractivity contribution in [3.8, 4) is 0 Å². The Morgan fingerprint density at radius 2 is 1.59 bits per heavy atom. The third kappa shape index (κ3) is 5.10. The van der Waals surface area contributed by atoms with E-state index in [-0.39, 0.29) is 43.2 Å². The molecule has 49 heavy (non-hydrogen) atoms. The van der Waals surface area contributed by atoms with Crippen LogP contribution in [0, 0.1) is 5.92 Å². The van der Waals surface area contributed by atoms with E-state index in [2.05, 4.69) is 0 Å². The summed E-state index contributed by atoms with van der Waals surface area (Å²) in [7, 11) is 0. The molecule has 3 aliphatic heterocycles. The van der Waals surface area contributed by atoms with E-state index in [0.717, 1.165) is 44.5 Å².